The van der Waals surface area contributed by atoms with Crippen LogP contribution in [0.25, 0.3) is 0 Å². The SMILES string of the molecule is CCOC(=O)/C=C\C(OCc1ccccc1)C1CCC(=O)C1. The molecular formula is C18H22O4. The van der Waals surface area contributed by atoms with E-state index in [-0.39, 0.29) is 23.8 Å². The van der Waals surface area contributed by atoms with Crippen molar-refractivity contribution in [2.75, 3.05) is 6.61 Å². The molecule has 0 amide bonds. The van der Waals surface area contributed by atoms with Crippen LogP contribution in [0, 0.1) is 5.92 Å². The smallest absolute Gasteiger partial charge is 0.330 e. The molecule has 2 unspecified atom stereocenters. The van der Waals surface area contributed by atoms with Crippen LogP contribution in [-0.2, 0) is 25.7 Å². The fourth-order valence-electron chi connectivity index (χ4n) is 2.60. The molecule has 0 saturated heterocycles. The standard InChI is InChI=1S/C18H22O4/c1-2-21-18(20)11-10-17(15-8-9-16(19)12-15)22-13-14-6-4-3-5-7-14/h3-7,10-11,15,17H,2,8-9,12-13H2,1H3/b11-10-. The number of carbonyl (C=O) groups is 2. The Labute approximate surface area is 131 Å². The van der Waals surface area contributed by atoms with Crippen LogP contribution in [0.3, 0.4) is 0 Å². The number of ketones is 1. The number of carbonyl (C=O) groups excluding carboxylic acids is 2. The van der Waals surface area contributed by atoms with E-state index in [4.69, 9.17) is 9.47 Å². The first-order valence-corrected chi connectivity index (χ1v) is 7.71. The Hall–Kier alpha value is -1.94. The lowest BCUT2D eigenvalue weighted by atomic mass is 10.00. The molecule has 1 aliphatic carbocycles. The van der Waals surface area contributed by atoms with Crippen molar-refractivity contribution in [2.24, 2.45) is 5.92 Å². The Morgan fingerprint density at radius 1 is 1.36 bits per heavy atom. The number of rotatable bonds is 7. The van der Waals surface area contributed by atoms with Crippen molar-refractivity contribution in [3.63, 3.8) is 0 Å². The lowest BCUT2D eigenvalue weighted by Gasteiger charge is -2.20. The third-order valence-electron chi connectivity index (χ3n) is 3.74. The second kappa shape index (κ2) is 8.49. The maximum atomic E-state index is 11.5. The zero-order valence-electron chi connectivity index (χ0n) is 12.9. The van der Waals surface area contributed by atoms with Crippen molar-refractivity contribution in [1.82, 2.24) is 0 Å². The van der Waals surface area contributed by atoms with Gasteiger partial charge in [-0.1, -0.05) is 30.3 Å². The molecule has 118 valence electrons. The van der Waals surface area contributed by atoms with Gasteiger partial charge in [-0.05, 0) is 30.9 Å². The second-order valence-electron chi connectivity index (χ2n) is 5.41. The highest BCUT2D eigenvalue weighted by Gasteiger charge is 2.29. The predicted octanol–water partition coefficient (Wildman–Crippen LogP) is 3.06. The number of ether oxygens (including phenoxy) is 2. The molecule has 1 aromatic carbocycles. The molecule has 1 aromatic rings. The first-order chi connectivity index (χ1) is 10.7. The van der Waals surface area contributed by atoms with Crippen molar-refractivity contribution in [1.29, 1.82) is 0 Å². The third-order valence-corrected chi connectivity index (χ3v) is 3.74. The molecule has 1 saturated carbocycles. The molecule has 0 radical (unpaired) electrons. The fraction of sp³-hybridized carbons (Fsp3) is 0.444. The first-order valence-electron chi connectivity index (χ1n) is 7.71. The van der Waals surface area contributed by atoms with Crippen molar-refractivity contribution in [2.45, 2.75) is 38.9 Å². The number of Topliss-reactive ketones (excluding diaryl/α,β-unsaturated/α-hetero) is 1. The summed E-state index contributed by atoms with van der Waals surface area (Å²) in [6.07, 6.45) is 4.82. The summed E-state index contributed by atoms with van der Waals surface area (Å²) in [5.74, 6) is 0.0323. The molecule has 0 aromatic heterocycles. The average Bonchev–Trinajstić information content (AvgIpc) is 2.95. The minimum atomic E-state index is -0.375. The summed E-state index contributed by atoms with van der Waals surface area (Å²) in [4.78, 5) is 23.0. The zero-order valence-corrected chi connectivity index (χ0v) is 12.9. The van der Waals surface area contributed by atoms with Crippen LogP contribution in [0.15, 0.2) is 42.5 Å². The summed E-state index contributed by atoms with van der Waals surface area (Å²) in [5, 5.41) is 0. The summed E-state index contributed by atoms with van der Waals surface area (Å²) in [6.45, 7) is 2.58. The molecule has 0 spiro atoms. The van der Waals surface area contributed by atoms with E-state index in [0.717, 1.165) is 12.0 Å². The summed E-state index contributed by atoms with van der Waals surface area (Å²) in [6, 6.07) is 9.86. The van der Waals surface area contributed by atoms with Gasteiger partial charge in [0.05, 0.1) is 19.3 Å². The minimum Gasteiger partial charge on any atom is -0.463 e. The number of hydrogen-bond acceptors (Lipinski definition) is 4. The molecule has 1 aliphatic rings. The zero-order chi connectivity index (χ0) is 15.8. The number of hydrogen-bond donors (Lipinski definition) is 0. The Balaban J connectivity index is 1.98. The van der Waals surface area contributed by atoms with E-state index in [9.17, 15) is 9.59 Å². The van der Waals surface area contributed by atoms with E-state index < -0.39 is 0 Å². The second-order valence-corrected chi connectivity index (χ2v) is 5.41. The summed E-state index contributed by atoms with van der Waals surface area (Å²) in [5.41, 5.74) is 1.07. The van der Waals surface area contributed by atoms with Crippen LogP contribution in [0.2, 0.25) is 0 Å². The van der Waals surface area contributed by atoms with Crippen LogP contribution in [0.1, 0.15) is 31.7 Å². The molecule has 2 atom stereocenters. The number of benzene rings is 1. The van der Waals surface area contributed by atoms with Gasteiger partial charge in [0.2, 0.25) is 0 Å². The molecule has 4 heteroatoms. The van der Waals surface area contributed by atoms with Crippen molar-refractivity contribution >= 4 is 11.8 Å². The van der Waals surface area contributed by atoms with Crippen LogP contribution < -0.4 is 0 Å². The van der Waals surface area contributed by atoms with Gasteiger partial charge >= 0.3 is 5.97 Å². The van der Waals surface area contributed by atoms with Crippen molar-refractivity contribution < 1.29 is 19.1 Å². The lowest BCUT2D eigenvalue weighted by Crippen LogP contribution is -2.20. The fourth-order valence-corrected chi connectivity index (χ4v) is 2.60. The van der Waals surface area contributed by atoms with Gasteiger partial charge in [0, 0.05) is 18.9 Å². The van der Waals surface area contributed by atoms with Crippen LogP contribution in [-0.4, -0.2) is 24.5 Å². The summed E-state index contributed by atoms with van der Waals surface area (Å²) >= 11 is 0. The maximum Gasteiger partial charge on any atom is 0.330 e. The topological polar surface area (TPSA) is 52.6 Å². The predicted molar refractivity (Wildman–Crippen MR) is 83.1 cm³/mol. The summed E-state index contributed by atoms with van der Waals surface area (Å²) < 4.78 is 10.8. The molecule has 4 nitrogen and oxygen atoms in total. The molecule has 0 heterocycles. The van der Waals surface area contributed by atoms with E-state index in [1.807, 2.05) is 30.3 Å². The largest absolute Gasteiger partial charge is 0.463 e. The van der Waals surface area contributed by atoms with Gasteiger partial charge in [0.25, 0.3) is 0 Å². The molecule has 0 bridgehead atoms. The Bertz CT molecular complexity index is 521. The third kappa shape index (κ3) is 5.11. The summed E-state index contributed by atoms with van der Waals surface area (Å²) in [7, 11) is 0. The highest BCUT2D eigenvalue weighted by molar-refractivity contribution is 5.82. The Kier molecular flexibility index (Phi) is 6.34. The van der Waals surface area contributed by atoms with Gasteiger partial charge < -0.3 is 9.47 Å². The minimum absolute atomic E-state index is 0.141. The maximum absolute atomic E-state index is 11.5. The van der Waals surface area contributed by atoms with Gasteiger partial charge in [-0.25, -0.2) is 4.79 Å². The van der Waals surface area contributed by atoms with Crippen LogP contribution in [0.5, 0.6) is 0 Å². The molecule has 0 N–H and O–H groups in total. The van der Waals surface area contributed by atoms with Crippen LogP contribution >= 0.6 is 0 Å². The van der Waals surface area contributed by atoms with Gasteiger partial charge in [-0.3, -0.25) is 4.79 Å². The van der Waals surface area contributed by atoms with Crippen molar-refractivity contribution in [3.05, 3.63) is 48.0 Å². The first kappa shape index (κ1) is 16.4. The lowest BCUT2D eigenvalue weighted by molar-refractivity contribution is -0.137. The van der Waals surface area contributed by atoms with Gasteiger partial charge in [-0.15, -0.1) is 0 Å². The highest BCUT2D eigenvalue weighted by Crippen LogP contribution is 2.28. The average molecular weight is 302 g/mol. The molecule has 22 heavy (non-hydrogen) atoms. The van der Waals surface area contributed by atoms with E-state index in [0.29, 0.717) is 26.1 Å². The quantitative estimate of drug-likeness (QED) is 0.574. The number of esters is 1. The van der Waals surface area contributed by atoms with E-state index in [1.54, 1.807) is 13.0 Å². The monoisotopic (exact) mass is 302 g/mol. The Morgan fingerprint density at radius 3 is 2.77 bits per heavy atom. The van der Waals surface area contributed by atoms with Gasteiger partial charge in [0.15, 0.2) is 0 Å². The normalized spacial score (nSPS) is 19.5. The van der Waals surface area contributed by atoms with Gasteiger partial charge in [0.1, 0.15) is 5.78 Å². The van der Waals surface area contributed by atoms with Crippen molar-refractivity contribution in [3.8, 4) is 0 Å². The highest BCUT2D eigenvalue weighted by atomic mass is 16.5. The molecule has 1 fully saturated rings. The van der Waals surface area contributed by atoms with E-state index in [2.05, 4.69) is 0 Å². The molecule has 2 rings (SSSR count). The van der Waals surface area contributed by atoms with E-state index in [1.165, 1.54) is 6.08 Å². The molecular weight excluding hydrogens is 280 g/mol. The van der Waals surface area contributed by atoms with E-state index >= 15 is 0 Å². The Morgan fingerprint density at radius 2 is 2.14 bits per heavy atom. The van der Waals surface area contributed by atoms with Gasteiger partial charge in [-0.2, -0.15) is 0 Å². The molecule has 0 aliphatic heterocycles. The van der Waals surface area contributed by atoms with Crippen LogP contribution in [0.4, 0.5) is 0 Å².